The number of pyridine rings is 1. The Kier molecular flexibility index (Phi) is 5.73. The van der Waals surface area contributed by atoms with E-state index in [1.807, 2.05) is 12.1 Å². The molecule has 0 bridgehead atoms. The Labute approximate surface area is 90.4 Å². The van der Waals surface area contributed by atoms with Crippen LogP contribution in [-0.4, -0.2) is 31.9 Å². The fourth-order valence-corrected chi connectivity index (χ4v) is 1.27. The number of nitrogens with two attached hydrogens (primary N) is 1. The van der Waals surface area contributed by atoms with Gasteiger partial charge in [-0.3, -0.25) is 0 Å². The number of rotatable bonds is 7. The van der Waals surface area contributed by atoms with E-state index in [0.717, 1.165) is 25.0 Å². The summed E-state index contributed by atoms with van der Waals surface area (Å²) in [6.45, 7) is 2.03. The van der Waals surface area contributed by atoms with Crippen LogP contribution in [0.2, 0.25) is 0 Å². The Morgan fingerprint density at radius 3 is 2.93 bits per heavy atom. The summed E-state index contributed by atoms with van der Waals surface area (Å²) in [6, 6.07) is 3.90. The lowest BCUT2D eigenvalue weighted by Gasteiger charge is -2.05. The molecule has 0 saturated carbocycles. The number of methoxy groups -OCH3 is 1. The molecule has 4 nitrogen and oxygen atoms in total. The van der Waals surface area contributed by atoms with E-state index < -0.39 is 0 Å². The lowest BCUT2D eigenvalue weighted by Crippen LogP contribution is -2.04. The first-order valence-corrected chi connectivity index (χ1v) is 5.10. The zero-order valence-corrected chi connectivity index (χ0v) is 9.11. The van der Waals surface area contributed by atoms with Crippen molar-refractivity contribution in [2.24, 2.45) is 0 Å². The molecule has 0 aliphatic heterocycles. The summed E-state index contributed by atoms with van der Waals surface area (Å²) in [7, 11) is 1.67. The largest absolute Gasteiger partial charge is 0.383 e. The van der Waals surface area contributed by atoms with E-state index in [4.69, 9.17) is 15.2 Å². The lowest BCUT2D eigenvalue weighted by atomic mass is 10.1. The monoisotopic (exact) mass is 210 g/mol. The fraction of sp³-hybridized carbons (Fsp3) is 0.545. The van der Waals surface area contributed by atoms with Gasteiger partial charge in [-0.25, -0.2) is 4.98 Å². The van der Waals surface area contributed by atoms with Gasteiger partial charge in [0.05, 0.1) is 13.2 Å². The van der Waals surface area contributed by atoms with Gasteiger partial charge >= 0.3 is 0 Å². The molecule has 0 unspecified atom stereocenters. The first-order valence-electron chi connectivity index (χ1n) is 5.10. The summed E-state index contributed by atoms with van der Waals surface area (Å²) in [4.78, 5) is 4.02. The molecule has 0 spiro atoms. The van der Waals surface area contributed by atoms with Crippen molar-refractivity contribution in [2.45, 2.75) is 12.8 Å². The third kappa shape index (κ3) is 4.76. The zero-order chi connectivity index (χ0) is 10.9. The molecule has 15 heavy (non-hydrogen) atoms. The van der Waals surface area contributed by atoms with Crippen LogP contribution < -0.4 is 5.73 Å². The maximum Gasteiger partial charge on any atom is 0.126 e. The van der Waals surface area contributed by atoms with E-state index in [1.54, 1.807) is 13.3 Å². The topological polar surface area (TPSA) is 57.4 Å². The van der Waals surface area contributed by atoms with E-state index in [9.17, 15) is 0 Å². The Morgan fingerprint density at radius 2 is 2.20 bits per heavy atom. The van der Waals surface area contributed by atoms with E-state index >= 15 is 0 Å². The molecule has 0 radical (unpaired) electrons. The zero-order valence-electron chi connectivity index (χ0n) is 9.11. The van der Waals surface area contributed by atoms with E-state index in [-0.39, 0.29) is 0 Å². The van der Waals surface area contributed by atoms with Gasteiger partial charge in [0.15, 0.2) is 0 Å². The van der Waals surface area contributed by atoms with Crippen LogP contribution in [0.5, 0.6) is 0 Å². The molecule has 0 aromatic carbocycles. The van der Waals surface area contributed by atoms with Crippen LogP contribution in [0.15, 0.2) is 18.3 Å². The van der Waals surface area contributed by atoms with Gasteiger partial charge in [-0.2, -0.15) is 0 Å². The molecule has 0 atom stereocenters. The third-order valence-electron chi connectivity index (χ3n) is 2.09. The highest BCUT2D eigenvalue weighted by Crippen LogP contribution is 2.09. The average molecular weight is 210 g/mol. The van der Waals surface area contributed by atoms with Gasteiger partial charge in [0, 0.05) is 19.9 Å². The van der Waals surface area contributed by atoms with Gasteiger partial charge in [0.1, 0.15) is 5.82 Å². The summed E-state index contributed by atoms with van der Waals surface area (Å²) in [5, 5.41) is 0. The van der Waals surface area contributed by atoms with Crippen molar-refractivity contribution in [1.29, 1.82) is 0 Å². The maximum atomic E-state index is 5.71. The van der Waals surface area contributed by atoms with Crippen molar-refractivity contribution in [3.63, 3.8) is 0 Å². The van der Waals surface area contributed by atoms with Crippen molar-refractivity contribution in [3.05, 3.63) is 23.9 Å². The first kappa shape index (κ1) is 11.9. The second-order valence-corrected chi connectivity index (χ2v) is 3.26. The highest BCUT2D eigenvalue weighted by Gasteiger charge is 1.98. The minimum atomic E-state index is 0.620. The standard InChI is InChI=1S/C11H18N2O2/c1-14-8-9-15-7-3-5-10-4-2-6-13-11(10)12/h2,4,6H,3,5,7-9H2,1H3,(H2,12,13). The van der Waals surface area contributed by atoms with Gasteiger partial charge in [0.25, 0.3) is 0 Å². The molecule has 0 saturated heterocycles. The molecule has 1 aromatic heterocycles. The van der Waals surface area contributed by atoms with Gasteiger partial charge in [0.2, 0.25) is 0 Å². The number of aromatic nitrogens is 1. The Morgan fingerprint density at radius 1 is 1.33 bits per heavy atom. The van der Waals surface area contributed by atoms with Gasteiger partial charge in [-0.1, -0.05) is 6.07 Å². The quantitative estimate of drug-likeness (QED) is 0.688. The summed E-state index contributed by atoms with van der Waals surface area (Å²) < 4.78 is 10.2. The Bertz CT molecular complexity index is 279. The van der Waals surface area contributed by atoms with E-state index in [1.165, 1.54) is 0 Å². The van der Waals surface area contributed by atoms with Gasteiger partial charge < -0.3 is 15.2 Å². The van der Waals surface area contributed by atoms with Gasteiger partial charge in [-0.05, 0) is 24.5 Å². The number of nitrogens with zero attached hydrogens (tertiary/aromatic N) is 1. The van der Waals surface area contributed by atoms with E-state index in [0.29, 0.717) is 19.0 Å². The number of ether oxygens (including phenoxy) is 2. The normalized spacial score (nSPS) is 10.5. The summed E-state index contributed by atoms with van der Waals surface area (Å²) in [6.07, 6.45) is 3.57. The fourth-order valence-electron chi connectivity index (χ4n) is 1.27. The highest BCUT2D eigenvalue weighted by molar-refractivity contribution is 5.38. The van der Waals surface area contributed by atoms with Crippen LogP contribution in [0, 0.1) is 0 Å². The van der Waals surface area contributed by atoms with Crippen LogP contribution >= 0.6 is 0 Å². The summed E-state index contributed by atoms with van der Waals surface area (Å²) >= 11 is 0. The van der Waals surface area contributed by atoms with Crippen molar-refractivity contribution in [1.82, 2.24) is 4.98 Å². The second kappa shape index (κ2) is 7.20. The predicted molar refractivity (Wildman–Crippen MR) is 59.7 cm³/mol. The summed E-state index contributed by atoms with van der Waals surface area (Å²) in [5.41, 5.74) is 6.80. The number of anilines is 1. The minimum Gasteiger partial charge on any atom is -0.383 e. The molecule has 0 fully saturated rings. The average Bonchev–Trinajstić information content (AvgIpc) is 2.25. The third-order valence-corrected chi connectivity index (χ3v) is 2.09. The van der Waals surface area contributed by atoms with Crippen molar-refractivity contribution in [3.8, 4) is 0 Å². The molecular weight excluding hydrogens is 192 g/mol. The van der Waals surface area contributed by atoms with Gasteiger partial charge in [-0.15, -0.1) is 0 Å². The number of hydrogen-bond acceptors (Lipinski definition) is 4. The maximum absolute atomic E-state index is 5.71. The Balaban J connectivity index is 2.12. The molecular formula is C11H18N2O2. The number of aryl methyl sites for hydroxylation is 1. The lowest BCUT2D eigenvalue weighted by molar-refractivity contribution is 0.0695. The van der Waals surface area contributed by atoms with Crippen LogP contribution in [-0.2, 0) is 15.9 Å². The molecule has 0 aliphatic rings. The summed E-state index contributed by atoms with van der Waals surface area (Å²) in [5.74, 6) is 0.620. The Hall–Kier alpha value is -1.13. The van der Waals surface area contributed by atoms with E-state index in [2.05, 4.69) is 4.98 Å². The molecule has 84 valence electrons. The van der Waals surface area contributed by atoms with Crippen LogP contribution in [0.1, 0.15) is 12.0 Å². The van der Waals surface area contributed by atoms with Crippen LogP contribution in [0.25, 0.3) is 0 Å². The first-order chi connectivity index (χ1) is 7.34. The molecule has 1 heterocycles. The molecule has 2 N–H and O–H groups in total. The second-order valence-electron chi connectivity index (χ2n) is 3.26. The van der Waals surface area contributed by atoms with Crippen LogP contribution in [0.3, 0.4) is 0 Å². The number of hydrogen-bond donors (Lipinski definition) is 1. The minimum absolute atomic E-state index is 0.620. The van der Waals surface area contributed by atoms with Crippen molar-refractivity contribution < 1.29 is 9.47 Å². The molecule has 0 aliphatic carbocycles. The number of nitrogen functional groups attached to an aromatic ring is 1. The highest BCUT2D eigenvalue weighted by atomic mass is 16.5. The van der Waals surface area contributed by atoms with Crippen molar-refractivity contribution >= 4 is 5.82 Å². The molecule has 1 rings (SSSR count). The predicted octanol–water partition coefficient (Wildman–Crippen LogP) is 1.26. The molecule has 4 heteroatoms. The van der Waals surface area contributed by atoms with Crippen molar-refractivity contribution in [2.75, 3.05) is 32.7 Å². The molecule has 0 amide bonds. The van der Waals surface area contributed by atoms with Crippen LogP contribution in [0.4, 0.5) is 5.82 Å². The molecule has 1 aromatic rings. The SMILES string of the molecule is COCCOCCCc1cccnc1N. The smallest absolute Gasteiger partial charge is 0.126 e.